The van der Waals surface area contributed by atoms with Crippen LogP contribution in [0.1, 0.15) is 23.7 Å². The first-order valence-corrected chi connectivity index (χ1v) is 7.80. The number of rotatable bonds is 3. The highest BCUT2D eigenvalue weighted by molar-refractivity contribution is 5.94. The Morgan fingerprint density at radius 2 is 2.04 bits per heavy atom. The van der Waals surface area contributed by atoms with Gasteiger partial charge in [0.25, 0.3) is 5.91 Å². The zero-order chi connectivity index (χ0) is 16.2. The number of likely N-dealkylation sites (tertiary alicyclic amines) is 1. The SMILES string of the molecule is CC1CCN(C(=O)c2ccc(Oc3ccccc3)nc2)CC1O. The van der Waals surface area contributed by atoms with Gasteiger partial charge in [-0.1, -0.05) is 25.1 Å². The molecule has 1 saturated heterocycles. The van der Waals surface area contributed by atoms with E-state index in [2.05, 4.69) is 4.98 Å². The van der Waals surface area contributed by atoms with Crippen LogP contribution >= 0.6 is 0 Å². The number of carbonyl (C=O) groups excluding carboxylic acids is 1. The number of aromatic nitrogens is 1. The zero-order valence-corrected chi connectivity index (χ0v) is 13.1. The van der Waals surface area contributed by atoms with Crippen LogP contribution < -0.4 is 4.74 Å². The van der Waals surface area contributed by atoms with Crippen molar-refractivity contribution in [2.75, 3.05) is 13.1 Å². The van der Waals surface area contributed by atoms with Crippen molar-refractivity contribution in [1.29, 1.82) is 0 Å². The first kappa shape index (κ1) is 15.5. The van der Waals surface area contributed by atoms with Crippen molar-refractivity contribution in [3.05, 3.63) is 54.2 Å². The van der Waals surface area contributed by atoms with E-state index in [0.29, 0.717) is 30.3 Å². The van der Waals surface area contributed by atoms with Crippen molar-refractivity contribution in [2.24, 2.45) is 5.92 Å². The Hall–Kier alpha value is -2.40. The summed E-state index contributed by atoms with van der Waals surface area (Å²) in [6, 6.07) is 12.8. The molecule has 1 aromatic carbocycles. The second-order valence-electron chi connectivity index (χ2n) is 5.88. The second-order valence-corrected chi connectivity index (χ2v) is 5.88. The van der Waals surface area contributed by atoms with Crippen LogP contribution in [0.4, 0.5) is 0 Å². The van der Waals surface area contributed by atoms with E-state index in [1.165, 1.54) is 6.20 Å². The van der Waals surface area contributed by atoms with E-state index in [0.717, 1.165) is 6.42 Å². The summed E-state index contributed by atoms with van der Waals surface area (Å²) in [7, 11) is 0. The van der Waals surface area contributed by atoms with Gasteiger partial charge in [0.15, 0.2) is 0 Å². The third-order valence-corrected chi connectivity index (χ3v) is 4.15. The molecule has 1 fully saturated rings. The molecule has 3 rings (SSSR count). The highest BCUT2D eigenvalue weighted by atomic mass is 16.5. The molecular weight excluding hydrogens is 292 g/mol. The van der Waals surface area contributed by atoms with Crippen LogP contribution in [-0.2, 0) is 0 Å². The maximum absolute atomic E-state index is 12.5. The molecule has 0 aliphatic carbocycles. The minimum Gasteiger partial charge on any atom is -0.439 e. The van der Waals surface area contributed by atoms with Crippen molar-refractivity contribution < 1.29 is 14.6 Å². The van der Waals surface area contributed by atoms with Crippen molar-refractivity contribution in [3.63, 3.8) is 0 Å². The lowest BCUT2D eigenvalue weighted by Gasteiger charge is -2.34. The Kier molecular flexibility index (Phi) is 4.57. The predicted octanol–water partition coefficient (Wildman–Crippen LogP) is 2.72. The summed E-state index contributed by atoms with van der Waals surface area (Å²) in [4.78, 5) is 18.3. The van der Waals surface area contributed by atoms with Gasteiger partial charge in [0.05, 0.1) is 11.7 Å². The van der Waals surface area contributed by atoms with Gasteiger partial charge in [-0.3, -0.25) is 4.79 Å². The van der Waals surface area contributed by atoms with Crippen LogP contribution in [0.3, 0.4) is 0 Å². The molecule has 5 heteroatoms. The summed E-state index contributed by atoms with van der Waals surface area (Å²) >= 11 is 0. The molecule has 1 aliphatic heterocycles. The van der Waals surface area contributed by atoms with Crippen molar-refractivity contribution in [1.82, 2.24) is 9.88 Å². The Morgan fingerprint density at radius 1 is 1.26 bits per heavy atom. The number of aliphatic hydroxyl groups is 1. The molecule has 1 N–H and O–H groups in total. The topological polar surface area (TPSA) is 62.7 Å². The van der Waals surface area contributed by atoms with Crippen LogP contribution in [0.25, 0.3) is 0 Å². The number of carbonyl (C=O) groups is 1. The van der Waals surface area contributed by atoms with E-state index in [9.17, 15) is 9.90 Å². The Labute approximate surface area is 135 Å². The zero-order valence-electron chi connectivity index (χ0n) is 13.1. The van der Waals surface area contributed by atoms with Crippen LogP contribution in [0.5, 0.6) is 11.6 Å². The fourth-order valence-corrected chi connectivity index (χ4v) is 2.59. The van der Waals surface area contributed by atoms with Gasteiger partial charge in [0, 0.05) is 25.4 Å². The number of nitrogens with zero attached hydrogens (tertiary/aromatic N) is 2. The minimum atomic E-state index is -0.457. The summed E-state index contributed by atoms with van der Waals surface area (Å²) in [5, 5.41) is 9.92. The van der Waals surface area contributed by atoms with Gasteiger partial charge in [-0.2, -0.15) is 0 Å². The summed E-state index contributed by atoms with van der Waals surface area (Å²) < 4.78 is 5.61. The van der Waals surface area contributed by atoms with Gasteiger partial charge < -0.3 is 14.7 Å². The summed E-state index contributed by atoms with van der Waals surface area (Å²) in [5.41, 5.74) is 0.507. The molecule has 0 saturated carbocycles. The normalized spacial score (nSPS) is 21.0. The largest absolute Gasteiger partial charge is 0.439 e. The fourth-order valence-electron chi connectivity index (χ4n) is 2.59. The molecule has 0 bridgehead atoms. The number of pyridine rings is 1. The molecule has 0 radical (unpaired) electrons. The molecule has 2 aromatic rings. The molecule has 2 unspecified atom stereocenters. The van der Waals surface area contributed by atoms with E-state index in [4.69, 9.17) is 4.74 Å². The van der Waals surface area contributed by atoms with E-state index in [-0.39, 0.29) is 11.8 Å². The third kappa shape index (κ3) is 3.68. The highest BCUT2D eigenvalue weighted by Crippen LogP contribution is 2.21. The van der Waals surface area contributed by atoms with Crippen molar-refractivity contribution in [3.8, 4) is 11.6 Å². The number of β-amino-alcohol motifs (C(OH)–C–C–N with tert-alkyl or cyclic N) is 1. The first-order valence-electron chi connectivity index (χ1n) is 7.80. The van der Waals surface area contributed by atoms with Crippen LogP contribution in [0.15, 0.2) is 48.7 Å². The molecule has 1 aliphatic rings. The third-order valence-electron chi connectivity index (χ3n) is 4.15. The minimum absolute atomic E-state index is 0.102. The second kappa shape index (κ2) is 6.79. The van der Waals surface area contributed by atoms with Gasteiger partial charge >= 0.3 is 0 Å². The van der Waals surface area contributed by atoms with Crippen molar-refractivity contribution >= 4 is 5.91 Å². The number of ether oxygens (including phenoxy) is 1. The Morgan fingerprint density at radius 3 is 2.70 bits per heavy atom. The molecule has 5 nitrogen and oxygen atoms in total. The lowest BCUT2D eigenvalue weighted by Crippen LogP contribution is -2.45. The lowest BCUT2D eigenvalue weighted by molar-refractivity contribution is 0.0248. The number of amides is 1. The summed E-state index contributed by atoms with van der Waals surface area (Å²) in [6.45, 7) is 3.05. The number of para-hydroxylation sites is 1. The van der Waals surface area contributed by atoms with E-state index in [1.54, 1.807) is 17.0 Å². The molecular formula is C18H20N2O3. The number of piperidine rings is 1. The van der Waals surface area contributed by atoms with Crippen LogP contribution in [-0.4, -0.2) is 40.1 Å². The van der Waals surface area contributed by atoms with Gasteiger partial charge in [0.1, 0.15) is 5.75 Å². The van der Waals surface area contributed by atoms with Gasteiger partial charge in [-0.05, 0) is 30.5 Å². The van der Waals surface area contributed by atoms with E-state index >= 15 is 0 Å². The maximum atomic E-state index is 12.5. The first-order chi connectivity index (χ1) is 11.1. The molecule has 23 heavy (non-hydrogen) atoms. The van der Waals surface area contributed by atoms with Gasteiger partial charge in [-0.15, -0.1) is 0 Å². The summed E-state index contributed by atoms with van der Waals surface area (Å²) in [6.07, 6.45) is 1.88. The average Bonchev–Trinajstić information content (AvgIpc) is 2.58. The number of hydrogen-bond acceptors (Lipinski definition) is 4. The van der Waals surface area contributed by atoms with Gasteiger partial charge in [-0.25, -0.2) is 4.98 Å². The molecule has 0 spiro atoms. The van der Waals surface area contributed by atoms with Crippen LogP contribution in [0.2, 0.25) is 0 Å². The maximum Gasteiger partial charge on any atom is 0.255 e. The number of hydrogen-bond donors (Lipinski definition) is 1. The molecule has 120 valence electrons. The Balaban J connectivity index is 1.66. The fraction of sp³-hybridized carbons (Fsp3) is 0.333. The van der Waals surface area contributed by atoms with Crippen molar-refractivity contribution in [2.45, 2.75) is 19.4 Å². The number of benzene rings is 1. The van der Waals surface area contributed by atoms with Crippen LogP contribution in [0, 0.1) is 5.92 Å². The quantitative estimate of drug-likeness (QED) is 0.946. The molecule has 1 aromatic heterocycles. The number of aliphatic hydroxyl groups excluding tert-OH is 1. The average molecular weight is 312 g/mol. The Bertz CT molecular complexity index is 658. The lowest BCUT2D eigenvalue weighted by atomic mass is 9.96. The summed E-state index contributed by atoms with van der Waals surface area (Å²) in [5.74, 6) is 1.28. The molecule has 2 heterocycles. The monoisotopic (exact) mass is 312 g/mol. The van der Waals surface area contributed by atoms with E-state index < -0.39 is 6.10 Å². The predicted molar refractivity (Wildman–Crippen MR) is 86.4 cm³/mol. The molecule has 1 amide bonds. The smallest absolute Gasteiger partial charge is 0.255 e. The molecule has 2 atom stereocenters. The van der Waals surface area contributed by atoms with Gasteiger partial charge in [0.2, 0.25) is 5.88 Å². The van der Waals surface area contributed by atoms with E-state index in [1.807, 2.05) is 37.3 Å². The highest BCUT2D eigenvalue weighted by Gasteiger charge is 2.27. The standard InChI is InChI=1S/C18H20N2O3/c1-13-9-10-20(12-16(13)21)18(22)14-7-8-17(19-11-14)23-15-5-3-2-4-6-15/h2-8,11,13,16,21H,9-10,12H2,1H3.